The van der Waals surface area contributed by atoms with E-state index >= 15 is 0 Å². The lowest BCUT2D eigenvalue weighted by Gasteiger charge is -2.46. The first-order chi connectivity index (χ1) is 17.4. The highest BCUT2D eigenvalue weighted by Crippen LogP contribution is 2.49. The molecule has 1 unspecified atom stereocenters. The molecule has 2 bridgehead atoms. The Labute approximate surface area is 206 Å². The standard InChI is InChI=1S/C28H22N2O6/c1-16-12-22-23(27(33)34-16)24-19-9-8-17(15-29)13-18(19)14-28(35-22,36-24)10-4-5-11-30-25(31)20-6-2-3-7-21(20)26(30)32/h2-3,6-9,12-13,24H,4-5,10-11,14H2,1H3/t24?,28-/m1/s1. The largest absolute Gasteiger partial charge is 0.461 e. The Morgan fingerprint density at radius 2 is 1.81 bits per heavy atom. The van der Waals surface area contributed by atoms with E-state index in [2.05, 4.69) is 6.07 Å². The third-order valence-electron chi connectivity index (χ3n) is 7.05. The number of carbonyl (C=O) groups is 2. The number of aryl methyl sites for hydroxylation is 1. The van der Waals surface area contributed by atoms with Crippen molar-refractivity contribution in [2.24, 2.45) is 0 Å². The van der Waals surface area contributed by atoms with Gasteiger partial charge in [0.15, 0.2) is 0 Å². The number of amides is 2. The van der Waals surface area contributed by atoms with Crippen LogP contribution in [0.1, 0.15) is 74.1 Å². The number of hydrogen-bond donors (Lipinski definition) is 0. The number of nitrogens with zero attached hydrogens (tertiary/aromatic N) is 2. The summed E-state index contributed by atoms with van der Waals surface area (Å²) in [6.45, 7) is 1.98. The van der Waals surface area contributed by atoms with Gasteiger partial charge in [0, 0.05) is 25.5 Å². The molecule has 36 heavy (non-hydrogen) atoms. The van der Waals surface area contributed by atoms with Crippen LogP contribution in [0.25, 0.3) is 0 Å². The minimum absolute atomic E-state index is 0.272. The molecule has 3 aromatic rings. The van der Waals surface area contributed by atoms with E-state index in [4.69, 9.17) is 13.9 Å². The van der Waals surface area contributed by atoms with Gasteiger partial charge in [0.25, 0.3) is 11.8 Å². The lowest BCUT2D eigenvalue weighted by atomic mass is 9.85. The van der Waals surface area contributed by atoms with Gasteiger partial charge in [-0.3, -0.25) is 14.5 Å². The number of rotatable bonds is 5. The number of carbonyl (C=O) groups excluding carboxylic acids is 2. The van der Waals surface area contributed by atoms with E-state index in [1.165, 1.54) is 4.90 Å². The van der Waals surface area contributed by atoms with E-state index in [-0.39, 0.29) is 11.8 Å². The monoisotopic (exact) mass is 482 g/mol. The van der Waals surface area contributed by atoms with Gasteiger partial charge in [0.2, 0.25) is 5.79 Å². The summed E-state index contributed by atoms with van der Waals surface area (Å²) in [5.74, 6) is -0.701. The lowest BCUT2D eigenvalue weighted by Crippen LogP contribution is -2.50. The molecule has 2 amide bonds. The van der Waals surface area contributed by atoms with Crippen molar-refractivity contribution in [3.63, 3.8) is 0 Å². The van der Waals surface area contributed by atoms with Crippen LogP contribution in [0, 0.1) is 18.3 Å². The Hall–Kier alpha value is -4.22. The number of unbranched alkanes of at least 4 members (excludes halogenated alkanes) is 1. The van der Waals surface area contributed by atoms with Gasteiger partial charge in [-0.05, 0) is 55.2 Å². The normalized spacial score (nSPS) is 21.3. The van der Waals surface area contributed by atoms with Crippen LogP contribution < -0.4 is 10.4 Å². The van der Waals surface area contributed by atoms with Gasteiger partial charge in [-0.1, -0.05) is 18.2 Å². The van der Waals surface area contributed by atoms with Gasteiger partial charge in [-0.15, -0.1) is 0 Å². The predicted octanol–water partition coefficient (Wildman–Crippen LogP) is 4.04. The van der Waals surface area contributed by atoms with Crippen molar-refractivity contribution < 1.29 is 23.5 Å². The van der Waals surface area contributed by atoms with Crippen LogP contribution in [0.2, 0.25) is 0 Å². The van der Waals surface area contributed by atoms with Crippen LogP contribution in [-0.2, 0) is 11.2 Å². The average Bonchev–Trinajstić information content (AvgIpc) is 3.10. The fraction of sp³-hybridized carbons (Fsp3) is 0.286. The van der Waals surface area contributed by atoms with E-state index in [9.17, 15) is 19.6 Å². The third-order valence-corrected chi connectivity index (χ3v) is 7.05. The zero-order valence-electron chi connectivity index (χ0n) is 19.6. The third kappa shape index (κ3) is 3.43. The van der Waals surface area contributed by atoms with E-state index in [1.54, 1.807) is 43.3 Å². The molecule has 0 radical (unpaired) electrons. The number of fused-ring (bicyclic) bond motifs is 7. The summed E-state index contributed by atoms with van der Waals surface area (Å²) in [6.07, 6.45) is 1.39. The lowest BCUT2D eigenvalue weighted by molar-refractivity contribution is -0.233. The molecule has 1 aromatic heterocycles. The number of benzene rings is 2. The summed E-state index contributed by atoms with van der Waals surface area (Å²) < 4.78 is 18.1. The smallest absolute Gasteiger partial charge is 0.345 e. The van der Waals surface area contributed by atoms with Crippen LogP contribution in [0.3, 0.4) is 0 Å². The second-order valence-electron chi connectivity index (χ2n) is 9.40. The van der Waals surface area contributed by atoms with Crippen LogP contribution in [0.5, 0.6) is 5.75 Å². The fourth-order valence-electron chi connectivity index (χ4n) is 5.39. The van der Waals surface area contributed by atoms with Crippen molar-refractivity contribution in [2.45, 2.75) is 44.5 Å². The fourth-order valence-corrected chi connectivity index (χ4v) is 5.39. The Bertz CT molecular complexity index is 1500. The topological polar surface area (TPSA) is 110 Å². The molecule has 0 saturated carbocycles. The van der Waals surface area contributed by atoms with Crippen molar-refractivity contribution >= 4 is 11.8 Å². The van der Waals surface area contributed by atoms with Gasteiger partial charge in [0.05, 0.1) is 22.8 Å². The van der Waals surface area contributed by atoms with Gasteiger partial charge < -0.3 is 13.9 Å². The molecule has 0 spiro atoms. The molecule has 0 fully saturated rings. The minimum Gasteiger partial charge on any atom is -0.461 e. The van der Waals surface area contributed by atoms with Gasteiger partial charge in [-0.2, -0.15) is 5.26 Å². The molecule has 0 saturated heterocycles. The van der Waals surface area contributed by atoms with Crippen LogP contribution in [0.4, 0.5) is 0 Å². The van der Waals surface area contributed by atoms with Gasteiger partial charge in [-0.25, -0.2) is 4.79 Å². The molecule has 8 heteroatoms. The average molecular weight is 482 g/mol. The molecule has 2 atom stereocenters. The number of nitriles is 1. The molecule has 2 aromatic carbocycles. The highest BCUT2D eigenvalue weighted by molar-refractivity contribution is 6.21. The van der Waals surface area contributed by atoms with E-state index in [1.807, 2.05) is 12.1 Å². The van der Waals surface area contributed by atoms with Crippen molar-refractivity contribution in [2.75, 3.05) is 6.54 Å². The highest BCUT2D eigenvalue weighted by atomic mass is 16.7. The van der Waals surface area contributed by atoms with E-state index < -0.39 is 17.5 Å². The van der Waals surface area contributed by atoms with E-state index in [0.717, 1.165) is 11.1 Å². The minimum atomic E-state index is -1.04. The second kappa shape index (κ2) is 8.18. The van der Waals surface area contributed by atoms with Crippen LogP contribution in [-0.4, -0.2) is 29.0 Å². The molecule has 8 nitrogen and oxygen atoms in total. The Kier molecular flexibility index (Phi) is 5.06. The summed E-state index contributed by atoms with van der Waals surface area (Å²) in [4.78, 5) is 39.3. The first-order valence-corrected chi connectivity index (χ1v) is 11.9. The summed E-state index contributed by atoms with van der Waals surface area (Å²) >= 11 is 0. The van der Waals surface area contributed by atoms with Crippen LogP contribution in [0.15, 0.2) is 57.7 Å². The zero-order chi connectivity index (χ0) is 25.0. The number of ether oxygens (including phenoxy) is 2. The van der Waals surface area contributed by atoms with Gasteiger partial charge in [0.1, 0.15) is 23.2 Å². The SMILES string of the molecule is Cc1cc2c(c(=O)o1)C1O[C@](CCCCN3C(=O)c4ccccc4C3=O)(Cc3cc(C#N)ccc31)O2. The van der Waals surface area contributed by atoms with Crippen molar-refractivity contribution in [1.82, 2.24) is 4.90 Å². The maximum atomic E-state index is 12.7. The summed E-state index contributed by atoms with van der Waals surface area (Å²) in [6, 6.07) is 16.0. The Morgan fingerprint density at radius 1 is 1.06 bits per heavy atom. The maximum Gasteiger partial charge on any atom is 0.345 e. The number of imide groups is 1. The first kappa shape index (κ1) is 22.3. The molecule has 180 valence electrons. The van der Waals surface area contributed by atoms with Crippen molar-refractivity contribution in [1.29, 1.82) is 5.26 Å². The Morgan fingerprint density at radius 3 is 2.53 bits per heavy atom. The molecule has 4 heterocycles. The van der Waals surface area contributed by atoms with Gasteiger partial charge >= 0.3 is 5.63 Å². The quantitative estimate of drug-likeness (QED) is 0.399. The second-order valence-corrected chi connectivity index (χ2v) is 9.40. The molecule has 3 aliphatic heterocycles. The van der Waals surface area contributed by atoms with Crippen LogP contribution >= 0.6 is 0 Å². The molecular formula is C28H22N2O6. The molecule has 0 N–H and O–H groups in total. The van der Waals surface area contributed by atoms with Crippen molar-refractivity contribution in [3.05, 3.63) is 98.1 Å². The zero-order valence-corrected chi connectivity index (χ0v) is 19.6. The summed E-state index contributed by atoms with van der Waals surface area (Å²) in [5.41, 5.74) is 2.90. The summed E-state index contributed by atoms with van der Waals surface area (Å²) in [7, 11) is 0. The Balaban J connectivity index is 1.25. The van der Waals surface area contributed by atoms with E-state index in [0.29, 0.717) is 66.0 Å². The number of hydrogen-bond acceptors (Lipinski definition) is 7. The molecule has 0 aliphatic carbocycles. The van der Waals surface area contributed by atoms with Crippen molar-refractivity contribution in [3.8, 4) is 11.8 Å². The first-order valence-electron chi connectivity index (χ1n) is 11.9. The molecular weight excluding hydrogens is 460 g/mol. The summed E-state index contributed by atoms with van der Waals surface area (Å²) in [5, 5.41) is 9.39. The predicted molar refractivity (Wildman–Crippen MR) is 127 cm³/mol. The highest BCUT2D eigenvalue weighted by Gasteiger charge is 2.48. The maximum absolute atomic E-state index is 12.7. The molecule has 3 aliphatic rings. The molecule has 6 rings (SSSR count).